The number of fused-ring (bicyclic) bond motifs is 1. The first-order chi connectivity index (χ1) is 6.33. The third-order valence-corrected chi connectivity index (χ3v) is 1.90. The Morgan fingerprint density at radius 3 is 2.92 bits per heavy atom. The fourth-order valence-electron chi connectivity index (χ4n) is 1.28. The number of H-pyrrole nitrogens is 1. The van der Waals surface area contributed by atoms with Crippen LogP contribution < -0.4 is 0 Å². The Morgan fingerprint density at radius 2 is 2.23 bits per heavy atom. The third kappa shape index (κ3) is 1.18. The molecule has 13 heavy (non-hydrogen) atoms. The van der Waals surface area contributed by atoms with E-state index >= 15 is 0 Å². The second kappa shape index (κ2) is 2.76. The molecule has 0 atom stereocenters. The molecule has 62 valence electrons. The maximum Gasteiger partial charge on any atom is 0.150 e. The summed E-state index contributed by atoms with van der Waals surface area (Å²) in [5, 5.41) is 9.56. The van der Waals surface area contributed by atoms with E-state index in [-0.39, 0.29) is 0 Å². The summed E-state index contributed by atoms with van der Waals surface area (Å²) in [6.07, 6.45) is 0.784. The summed E-state index contributed by atoms with van der Waals surface area (Å²) >= 11 is 0. The number of nitriles is 1. The standard InChI is InChI=1S/C10H6N2O/c11-5-9-4-8-2-1-7(6-13)3-10(8)12-9/h1-4,6,12H. The molecule has 1 aromatic carbocycles. The Labute approximate surface area is 74.6 Å². The highest BCUT2D eigenvalue weighted by molar-refractivity contribution is 5.87. The quantitative estimate of drug-likeness (QED) is 0.664. The molecule has 2 rings (SSSR count). The average Bonchev–Trinajstić information content (AvgIpc) is 2.58. The van der Waals surface area contributed by atoms with E-state index in [1.165, 1.54) is 0 Å². The largest absolute Gasteiger partial charge is 0.346 e. The zero-order valence-electron chi connectivity index (χ0n) is 6.74. The molecule has 0 spiro atoms. The van der Waals surface area contributed by atoms with Gasteiger partial charge in [0.1, 0.15) is 18.0 Å². The lowest BCUT2D eigenvalue weighted by Crippen LogP contribution is -1.77. The highest BCUT2D eigenvalue weighted by Crippen LogP contribution is 2.15. The van der Waals surface area contributed by atoms with Crippen LogP contribution in [0.5, 0.6) is 0 Å². The Bertz CT molecular complexity index is 505. The van der Waals surface area contributed by atoms with E-state index < -0.39 is 0 Å². The molecule has 1 aromatic heterocycles. The molecule has 2 aromatic rings. The molecule has 3 nitrogen and oxygen atoms in total. The molecule has 3 heteroatoms. The normalized spacial score (nSPS) is 9.77. The zero-order chi connectivity index (χ0) is 9.26. The number of aldehydes is 1. The van der Waals surface area contributed by atoms with Crippen LogP contribution in [0.2, 0.25) is 0 Å². The van der Waals surface area contributed by atoms with Crippen LogP contribution in [0.1, 0.15) is 16.1 Å². The number of aromatic nitrogens is 1. The van der Waals surface area contributed by atoms with Crippen LogP contribution in [-0.2, 0) is 0 Å². The van der Waals surface area contributed by atoms with Crippen molar-refractivity contribution in [1.82, 2.24) is 4.98 Å². The van der Waals surface area contributed by atoms with E-state index in [0.29, 0.717) is 11.3 Å². The minimum absolute atomic E-state index is 0.512. The summed E-state index contributed by atoms with van der Waals surface area (Å²) in [6.45, 7) is 0. The van der Waals surface area contributed by atoms with E-state index in [2.05, 4.69) is 4.98 Å². The molecule has 0 fully saturated rings. The van der Waals surface area contributed by atoms with Gasteiger partial charge in [0.2, 0.25) is 0 Å². The monoisotopic (exact) mass is 170 g/mol. The van der Waals surface area contributed by atoms with Crippen molar-refractivity contribution in [3.05, 3.63) is 35.5 Å². The van der Waals surface area contributed by atoms with Gasteiger partial charge in [-0.2, -0.15) is 5.26 Å². The van der Waals surface area contributed by atoms with Gasteiger partial charge in [0.05, 0.1) is 0 Å². The number of hydrogen-bond donors (Lipinski definition) is 1. The van der Waals surface area contributed by atoms with Crippen molar-refractivity contribution in [1.29, 1.82) is 5.26 Å². The highest BCUT2D eigenvalue weighted by atomic mass is 16.1. The van der Waals surface area contributed by atoms with Crippen molar-refractivity contribution in [3.63, 3.8) is 0 Å². The van der Waals surface area contributed by atoms with Crippen LogP contribution >= 0.6 is 0 Å². The van der Waals surface area contributed by atoms with Crippen LogP contribution in [-0.4, -0.2) is 11.3 Å². The second-order valence-electron chi connectivity index (χ2n) is 2.76. The number of rotatable bonds is 1. The Kier molecular flexibility index (Phi) is 1.60. The summed E-state index contributed by atoms with van der Waals surface area (Å²) in [5.41, 5.74) is 1.94. The third-order valence-electron chi connectivity index (χ3n) is 1.90. The summed E-state index contributed by atoms with van der Waals surface area (Å²) in [7, 11) is 0. The van der Waals surface area contributed by atoms with Crippen LogP contribution in [0.25, 0.3) is 10.9 Å². The summed E-state index contributed by atoms with van der Waals surface area (Å²) < 4.78 is 0. The summed E-state index contributed by atoms with van der Waals surface area (Å²) in [4.78, 5) is 13.3. The van der Waals surface area contributed by atoms with Gasteiger partial charge in [-0.25, -0.2) is 0 Å². The molecule has 0 bridgehead atoms. The van der Waals surface area contributed by atoms with Gasteiger partial charge in [0, 0.05) is 16.5 Å². The predicted molar refractivity (Wildman–Crippen MR) is 48.4 cm³/mol. The Morgan fingerprint density at radius 1 is 1.38 bits per heavy atom. The molecular formula is C10H6N2O. The topological polar surface area (TPSA) is 56.6 Å². The molecule has 0 aliphatic rings. The van der Waals surface area contributed by atoms with Gasteiger partial charge in [-0.05, 0) is 12.1 Å². The molecule has 1 N–H and O–H groups in total. The van der Waals surface area contributed by atoms with Crippen LogP contribution in [0.15, 0.2) is 24.3 Å². The number of carbonyl (C=O) groups is 1. The first kappa shape index (κ1) is 7.56. The number of hydrogen-bond acceptors (Lipinski definition) is 2. The lowest BCUT2D eigenvalue weighted by molar-refractivity contribution is 0.112. The van der Waals surface area contributed by atoms with Gasteiger partial charge in [0.15, 0.2) is 0 Å². The van der Waals surface area contributed by atoms with Gasteiger partial charge >= 0.3 is 0 Å². The molecule has 0 aliphatic carbocycles. The molecular weight excluding hydrogens is 164 g/mol. The molecule has 0 amide bonds. The van der Waals surface area contributed by atoms with Crippen molar-refractivity contribution < 1.29 is 4.79 Å². The van der Waals surface area contributed by atoms with Crippen LogP contribution in [0.4, 0.5) is 0 Å². The number of nitrogens with zero attached hydrogens (tertiary/aromatic N) is 1. The number of benzene rings is 1. The number of nitrogens with one attached hydrogen (secondary N) is 1. The van der Waals surface area contributed by atoms with E-state index in [1.807, 2.05) is 12.1 Å². The first-order valence-electron chi connectivity index (χ1n) is 3.81. The van der Waals surface area contributed by atoms with Gasteiger partial charge in [-0.1, -0.05) is 12.1 Å². The number of carbonyl (C=O) groups excluding carboxylic acids is 1. The minimum Gasteiger partial charge on any atom is -0.346 e. The van der Waals surface area contributed by atoms with Crippen molar-refractivity contribution in [2.75, 3.05) is 0 Å². The SMILES string of the molecule is N#Cc1cc2ccc(C=O)cc2[nH]1. The van der Waals surface area contributed by atoms with E-state index in [9.17, 15) is 4.79 Å². The summed E-state index contributed by atoms with van der Waals surface area (Å²) in [5.74, 6) is 0. The Balaban J connectivity index is 2.72. The van der Waals surface area contributed by atoms with E-state index in [4.69, 9.17) is 5.26 Å². The molecule has 0 saturated carbocycles. The molecule has 0 aliphatic heterocycles. The van der Waals surface area contributed by atoms with Gasteiger partial charge in [0.25, 0.3) is 0 Å². The maximum atomic E-state index is 10.4. The van der Waals surface area contributed by atoms with Gasteiger partial charge in [-0.15, -0.1) is 0 Å². The van der Waals surface area contributed by atoms with Crippen molar-refractivity contribution in [2.24, 2.45) is 0 Å². The maximum absolute atomic E-state index is 10.4. The fourth-order valence-corrected chi connectivity index (χ4v) is 1.28. The first-order valence-corrected chi connectivity index (χ1v) is 3.81. The number of aromatic amines is 1. The molecule has 0 unspecified atom stereocenters. The Hall–Kier alpha value is -2.08. The zero-order valence-corrected chi connectivity index (χ0v) is 6.74. The lowest BCUT2D eigenvalue weighted by Gasteiger charge is -1.89. The highest BCUT2D eigenvalue weighted by Gasteiger charge is 1.99. The molecule has 0 radical (unpaired) electrons. The molecule has 1 heterocycles. The van der Waals surface area contributed by atoms with Crippen LogP contribution in [0, 0.1) is 11.3 Å². The van der Waals surface area contributed by atoms with E-state index in [0.717, 1.165) is 17.2 Å². The lowest BCUT2D eigenvalue weighted by atomic mass is 10.2. The van der Waals surface area contributed by atoms with Crippen molar-refractivity contribution >= 4 is 17.2 Å². The van der Waals surface area contributed by atoms with E-state index in [1.54, 1.807) is 18.2 Å². The van der Waals surface area contributed by atoms with Crippen LogP contribution in [0.3, 0.4) is 0 Å². The predicted octanol–water partition coefficient (Wildman–Crippen LogP) is 1.85. The van der Waals surface area contributed by atoms with Gasteiger partial charge in [-0.3, -0.25) is 4.79 Å². The minimum atomic E-state index is 0.512. The van der Waals surface area contributed by atoms with Crippen molar-refractivity contribution in [3.8, 4) is 6.07 Å². The smallest absolute Gasteiger partial charge is 0.150 e. The van der Waals surface area contributed by atoms with Gasteiger partial charge < -0.3 is 4.98 Å². The fraction of sp³-hybridized carbons (Fsp3) is 0. The second-order valence-corrected chi connectivity index (χ2v) is 2.76. The molecule has 0 saturated heterocycles. The van der Waals surface area contributed by atoms with Crippen molar-refractivity contribution in [2.45, 2.75) is 0 Å². The summed E-state index contributed by atoms with van der Waals surface area (Å²) in [6, 6.07) is 9.03. The average molecular weight is 170 g/mol.